The van der Waals surface area contributed by atoms with Crippen LogP contribution in [0.2, 0.25) is 0 Å². The molecule has 0 spiro atoms. The molecule has 0 aliphatic heterocycles. The second-order valence-electron chi connectivity index (χ2n) is 4.01. The van der Waals surface area contributed by atoms with E-state index in [0.717, 1.165) is 10.5 Å². The Morgan fingerprint density at radius 3 is 2.79 bits per heavy atom. The molecule has 0 N–H and O–H groups in total. The lowest BCUT2D eigenvalue weighted by Gasteiger charge is -1.92. The van der Waals surface area contributed by atoms with Crippen LogP contribution in [0, 0.1) is 0 Å². The number of nitrogens with zero attached hydrogens (tertiary/aromatic N) is 4. The largest absolute Gasteiger partial charge is 0.318 e. The van der Waals surface area contributed by atoms with Crippen molar-refractivity contribution in [2.75, 3.05) is 0 Å². The van der Waals surface area contributed by atoms with Crippen LogP contribution in [0.5, 0.6) is 0 Å². The minimum Gasteiger partial charge on any atom is -0.318 e. The molecule has 0 unspecified atom stereocenters. The highest BCUT2D eigenvalue weighted by atomic mass is 32.1. The van der Waals surface area contributed by atoms with Crippen molar-refractivity contribution in [2.24, 2.45) is 17.3 Å². The summed E-state index contributed by atoms with van der Waals surface area (Å²) in [4.78, 5) is 5.03. The summed E-state index contributed by atoms with van der Waals surface area (Å²) in [5.74, 6) is 0. The second kappa shape index (κ2) is 5.16. The number of aryl methyl sites for hydroxylation is 1. The Bertz CT molecular complexity index is 784. The number of benzene rings is 1. The van der Waals surface area contributed by atoms with Crippen molar-refractivity contribution in [2.45, 2.75) is 0 Å². The molecule has 0 atom stereocenters. The van der Waals surface area contributed by atoms with Crippen LogP contribution in [0.3, 0.4) is 0 Å². The van der Waals surface area contributed by atoms with Gasteiger partial charge in [0, 0.05) is 13.2 Å². The standard InChI is InChI=1S/C14H12N4S/c1-18-12-7-2-3-8-13(12)19-14(18)17-16-10-11-6-4-5-9-15-11/h2-10H,1H3/b16-10?,17-14-. The maximum Gasteiger partial charge on any atom is 0.211 e. The highest BCUT2D eigenvalue weighted by Gasteiger charge is 2.00. The van der Waals surface area contributed by atoms with Crippen molar-refractivity contribution in [3.8, 4) is 0 Å². The van der Waals surface area contributed by atoms with Crippen LogP contribution in [-0.2, 0) is 7.05 Å². The number of hydrogen-bond donors (Lipinski definition) is 0. The Morgan fingerprint density at radius 1 is 1.16 bits per heavy atom. The third kappa shape index (κ3) is 2.46. The van der Waals surface area contributed by atoms with Crippen LogP contribution in [0.15, 0.2) is 58.9 Å². The van der Waals surface area contributed by atoms with Crippen molar-refractivity contribution in [1.29, 1.82) is 0 Å². The third-order valence-corrected chi connectivity index (χ3v) is 3.84. The summed E-state index contributed by atoms with van der Waals surface area (Å²) in [5, 5.41) is 8.34. The molecular weight excluding hydrogens is 256 g/mol. The molecule has 0 radical (unpaired) electrons. The third-order valence-electron chi connectivity index (χ3n) is 2.74. The summed E-state index contributed by atoms with van der Waals surface area (Å²) in [7, 11) is 1.99. The topological polar surface area (TPSA) is 42.5 Å². The molecular formula is C14H12N4S. The molecule has 0 saturated carbocycles. The molecule has 0 fully saturated rings. The highest BCUT2D eigenvalue weighted by Crippen LogP contribution is 2.14. The van der Waals surface area contributed by atoms with E-state index in [1.807, 2.05) is 41.9 Å². The lowest BCUT2D eigenvalue weighted by atomic mass is 10.3. The fourth-order valence-electron chi connectivity index (χ4n) is 1.77. The molecule has 19 heavy (non-hydrogen) atoms. The Balaban J connectivity index is 1.98. The number of fused-ring (bicyclic) bond motifs is 1. The van der Waals surface area contributed by atoms with Gasteiger partial charge in [0.15, 0.2) is 0 Å². The van der Waals surface area contributed by atoms with Crippen LogP contribution < -0.4 is 4.80 Å². The highest BCUT2D eigenvalue weighted by molar-refractivity contribution is 7.16. The molecule has 0 bridgehead atoms. The number of aromatic nitrogens is 2. The van der Waals surface area contributed by atoms with Gasteiger partial charge in [-0.15, -0.1) is 5.10 Å². The zero-order valence-corrected chi connectivity index (χ0v) is 11.2. The first-order valence-electron chi connectivity index (χ1n) is 5.87. The maximum absolute atomic E-state index is 4.25. The van der Waals surface area contributed by atoms with E-state index < -0.39 is 0 Å². The normalized spacial score (nSPS) is 12.6. The van der Waals surface area contributed by atoms with Crippen LogP contribution in [-0.4, -0.2) is 15.8 Å². The molecule has 0 aliphatic rings. The second-order valence-corrected chi connectivity index (χ2v) is 5.02. The fourth-order valence-corrected chi connectivity index (χ4v) is 2.74. The summed E-state index contributed by atoms with van der Waals surface area (Å²) in [6, 6.07) is 13.9. The van der Waals surface area contributed by atoms with Gasteiger partial charge < -0.3 is 4.57 Å². The van der Waals surface area contributed by atoms with Crippen molar-refractivity contribution in [3.63, 3.8) is 0 Å². The molecule has 2 heterocycles. The molecule has 4 nitrogen and oxygen atoms in total. The van der Waals surface area contributed by atoms with Gasteiger partial charge in [-0.3, -0.25) is 4.98 Å². The number of pyridine rings is 1. The first kappa shape index (κ1) is 11.8. The molecule has 3 aromatic rings. The van der Waals surface area contributed by atoms with Gasteiger partial charge in [0.25, 0.3) is 0 Å². The van der Waals surface area contributed by atoms with Gasteiger partial charge in [0.05, 0.1) is 22.1 Å². The van der Waals surface area contributed by atoms with Gasteiger partial charge in [-0.1, -0.05) is 29.5 Å². The summed E-state index contributed by atoms with van der Waals surface area (Å²) in [5.41, 5.74) is 1.97. The van der Waals surface area contributed by atoms with Crippen LogP contribution in [0.25, 0.3) is 10.2 Å². The van der Waals surface area contributed by atoms with Crippen molar-refractivity contribution in [3.05, 3.63) is 59.2 Å². The van der Waals surface area contributed by atoms with Crippen molar-refractivity contribution < 1.29 is 0 Å². The van der Waals surface area contributed by atoms with Gasteiger partial charge in [0.2, 0.25) is 4.80 Å². The predicted octanol–water partition coefficient (Wildman–Crippen LogP) is 2.57. The van der Waals surface area contributed by atoms with Gasteiger partial charge in [-0.25, -0.2) is 0 Å². The van der Waals surface area contributed by atoms with Crippen molar-refractivity contribution >= 4 is 27.8 Å². The van der Waals surface area contributed by atoms with Gasteiger partial charge in [-0.05, 0) is 24.3 Å². The average Bonchev–Trinajstić information content (AvgIpc) is 2.78. The summed E-state index contributed by atoms with van der Waals surface area (Å²) >= 11 is 1.62. The number of hydrogen-bond acceptors (Lipinski definition) is 4. The average molecular weight is 268 g/mol. The monoisotopic (exact) mass is 268 g/mol. The van der Waals surface area contributed by atoms with Gasteiger partial charge in [-0.2, -0.15) is 5.10 Å². The number of rotatable bonds is 2. The van der Waals surface area contributed by atoms with E-state index in [0.29, 0.717) is 0 Å². The Morgan fingerprint density at radius 2 is 2.00 bits per heavy atom. The zero-order valence-electron chi connectivity index (χ0n) is 10.4. The molecule has 0 amide bonds. The smallest absolute Gasteiger partial charge is 0.211 e. The maximum atomic E-state index is 4.25. The van der Waals surface area contributed by atoms with E-state index in [4.69, 9.17) is 0 Å². The van der Waals surface area contributed by atoms with E-state index in [2.05, 4.69) is 27.3 Å². The molecule has 94 valence electrons. The number of thiazole rings is 1. The van der Waals surface area contributed by atoms with Crippen LogP contribution in [0.4, 0.5) is 0 Å². The SMILES string of the molecule is Cn1/c(=N/N=Cc2ccccn2)sc2ccccc21. The molecule has 3 rings (SSSR count). The van der Waals surface area contributed by atoms with E-state index in [9.17, 15) is 0 Å². The van der Waals surface area contributed by atoms with Gasteiger partial charge >= 0.3 is 0 Å². The lowest BCUT2D eigenvalue weighted by Crippen LogP contribution is -2.08. The number of para-hydroxylation sites is 1. The molecule has 0 saturated heterocycles. The first-order chi connectivity index (χ1) is 9.34. The lowest BCUT2D eigenvalue weighted by molar-refractivity contribution is 0.889. The molecule has 1 aromatic carbocycles. The Labute approximate surface area is 114 Å². The van der Waals surface area contributed by atoms with Gasteiger partial charge in [0.1, 0.15) is 0 Å². The molecule has 2 aromatic heterocycles. The Kier molecular flexibility index (Phi) is 3.20. The minimum absolute atomic E-state index is 0.801. The van der Waals surface area contributed by atoms with E-state index in [1.165, 1.54) is 10.2 Å². The first-order valence-corrected chi connectivity index (χ1v) is 6.69. The summed E-state index contributed by atoms with van der Waals surface area (Å²) < 4.78 is 3.24. The summed E-state index contributed by atoms with van der Waals surface area (Å²) in [6.07, 6.45) is 3.39. The van der Waals surface area contributed by atoms with Crippen LogP contribution >= 0.6 is 11.3 Å². The Hall–Kier alpha value is -2.27. The zero-order chi connectivity index (χ0) is 13.1. The predicted molar refractivity (Wildman–Crippen MR) is 78.2 cm³/mol. The quantitative estimate of drug-likeness (QED) is 0.520. The molecule has 5 heteroatoms. The van der Waals surface area contributed by atoms with E-state index in [1.54, 1.807) is 23.7 Å². The van der Waals surface area contributed by atoms with Crippen molar-refractivity contribution in [1.82, 2.24) is 9.55 Å². The molecule has 0 aliphatic carbocycles. The van der Waals surface area contributed by atoms with E-state index in [-0.39, 0.29) is 0 Å². The van der Waals surface area contributed by atoms with E-state index >= 15 is 0 Å². The fraction of sp³-hybridized carbons (Fsp3) is 0.0714. The van der Waals surface area contributed by atoms with Crippen LogP contribution in [0.1, 0.15) is 5.69 Å². The minimum atomic E-state index is 0.801. The summed E-state index contributed by atoms with van der Waals surface area (Å²) in [6.45, 7) is 0.